The minimum Gasteiger partial charge on any atom is -0.490 e. The molecule has 1 fully saturated rings. The lowest BCUT2D eigenvalue weighted by molar-refractivity contribution is 0.0126. The fourth-order valence-electron chi connectivity index (χ4n) is 2.29. The third-order valence-corrected chi connectivity index (χ3v) is 3.35. The SMILES string of the molecule is CC(C)(C)OC(=O)N1CCC(Oc2ccnc(CO)c2)CC1. The van der Waals surface area contributed by atoms with E-state index in [2.05, 4.69) is 4.98 Å². The van der Waals surface area contributed by atoms with Crippen LogP contribution in [0.15, 0.2) is 18.3 Å². The second kappa shape index (κ2) is 6.96. The van der Waals surface area contributed by atoms with Gasteiger partial charge >= 0.3 is 6.09 Å². The molecule has 1 aliphatic rings. The van der Waals surface area contributed by atoms with E-state index in [4.69, 9.17) is 14.6 Å². The monoisotopic (exact) mass is 308 g/mol. The summed E-state index contributed by atoms with van der Waals surface area (Å²) >= 11 is 0. The highest BCUT2D eigenvalue weighted by atomic mass is 16.6. The first kappa shape index (κ1) is 16.5. The van der Waals surface area contributed by atoms with Crippen LogP contribution in [0.5, 0.6) is 5.75 Å². The van der Waals surface area contributed by atoms with Gasteiger partial charge in [-0.1, -0.05) is 0 Å². The number of hydrogen-bond donors (Lipinski definition) is 1. The van der Waals surface area contributed by atoms with Gasteiger partial charge in [-0.05, 0) is 26.8 Å². The smallest absolute Gasteiger partial charge is 0.410 e. The number of aliphatic hydroxyl groups is 1. The molecule has 1 aromatic rings. The van der Waals surface area contributed by atoms with Gasteiger partial charge in [-0.25, -0.2) is 4.79 Å². The lowest BCUT2D eigenvalue weighted by atomic mass is 10.1. The summed E-state index contributed by atoms with van der Waals surface area (Å²) in [5, 5.41) is 9.08. The number of nitrogens with zero attached hydrogens (tertiary/aromatic N) is 2. The van der Waals surface area contributed by atoms with Crippen molar-refractivity contribution in [2.45, 2.75) is 51.9 Å². The Kier molecular flexibility index (Phi) is 5.24. The van der Waals surface area contributed by atoms with Crippen molar-refractivity contribution in [1.29, 1.82) is 0 Å². The molecule has 2 heterocycles. The van der Waals surface area contributed by atoms with E-state index in [9.17, 15) is 4.79 Å². The van der Waals surface area contributed by atoms with Crippen LogP contribution in [-0.2, 0) is 11.3 Å². The van der Waals surface area contributed by atoms with Crippen LogP contribution in [-0.4, -0.2) is 45.9 Å². The van der Waals surface area contributed by atoms with E-state index in [1.807, 2.05) is 20.8 Å². The second-order valence-corrected chi connectivity index (χ2v) is 6.43. The van der Waals surface area contributed by atoms with Crippen molar-refractivity contribution in [1.82, 2.24) is 9.88 Å². The Bertz CT molecular complexity index is 505. The highest BCUT2D eigenvalue weighted by molar-refractivity contribution is 5.68. The highest BCUT2D eigenvalue weighted by Gasteiger charge is 2.27. The van der Waals surface area contributed by atoms with E-state index >= 15 is 0 Å². The number of carbonyl (C=O) groups excluding carboxylic acids is 1. The number of aliphatic hydroxyl groups excluding tert-OH is 1. The number of ether oxygens (including phenoxy) is 2. The highest BCUT2D eigenvalue weighted by Crippen LogP contribution is 2.20. The molecule has 122 valence electrons. The Morgan fingerprint density at radius 3 is 2.68 bits per heavy atom. The number of likely N-dealkylation sites (tertiary alicyclic amines) is 1. The lowest BCUT2D eigenvalue weighted by Gasteiger charge is -2.33. The fourth-order valence-corrected chi connectivity index (χ4v) is 2.29. The number of piperidine rings is 1. The molecule has 0 aromatic carbocycles. The third-order valence-electron chi connectivity index (χ3n) is 3.35. The second-order valence-electron chi connectivity index (χ2n) is 6.43. The van der Waals surface area contributed by atoms with Gasteiger partial charge in [-0.2, -0.15) is 0 Å². The Morgan fingerprint density at radius 2 is 2.09 bits per heavy atom. The summed E-state index contributed by atoms with van der Waals surface area (Å²) in [6.45, 7) is 6.73. The van der Waals surface area contributed by atoms with Gasteiger partial charge < -0.3 is 19.5 Å². The zero-order valence-electron chi connectivity index (χ0n) is 13.4. The Balaban J connectivity index is 1.83. The molecular weight excluding hydrogens is 284 g/mol. The Hall–Kier alpha value is -1.82. The molecule has 0 radical (unpaired) electrons. The molecule has 0 aliphatic carbocycles. The van der Waals surface area contributed by atoms with Crippen molar-refractivity contribution in [2.75, 3.05) is 13.1 Å². The predicted molar refractivity (Wildman–Crippen MR) is 81.6 cm³/mol. The maximum Gasteiger partial charge on any atom is 0.410 e. The van der Waals surface area contributed by atoms with Crippen LogP contribution < -0.4 is 4.74 Å². The number of aromatic nitrogens is 1. The molecule has 1 saturated heterocycles. The maximum atomic E-state index is 12.0. The van der Waals surface area contributed by atoms with E-state index in [1.165, 1.54) is 0 Å². The van der Waals surface area contributed by atoms with E-state index in [1.54, 1.807) is 23.2 Å². The first-order valence-corrected chi connectivity index (χ1v) is 7.58. The molecular formula is C16H24N2O4. The van der Waals surface area contributed by atoms with Crippen LogP contribution in [0.1, 0.15) is 39.3 Å². The van der Waals surface area contributed by atoms with Crippen molar-refractivity contribution >= 4 is 6.09 Å². The van der Waals surface area contributed by atoms with Crippen LogP contribution in [0.4, 0.5) is 4.79 Å². The van der Waals surface area contributed by atoms with Crippen LogP contribution in [0.25, 0.3) is 0 Å². The number of rotatable bonds is 3. The summed E-state index contributed by atoms with van der Waals surface area (Å²) in [7, 11) is 0. The topological polar surface area (TPSA) is 71.9 Å². The molecule has 1 aliphatic heterocycles. The van der Waals surface area contributed by atoms with Crippen molar-refractivity contribution in [2.24, 2.45) is 0 Å². The molecule has 2 rings (SSSR count). The summed E-state index contributed by atoms with van der Waals surface area (Å²) in [6, 6.07) is 3.51. The van der Waals surface area contributed by atoms with Gasteiger partial charge in [0, 0.05) is 38.2 Å². The average Bonchev–Trinajstić information content (AvgIpc) is 2.46. The van der Waals surface area contributed by atoms with Gasteiger partial charge in [-0.3, -0.25) is 4.98 Å². The Morgan fingerprint density at radius 1 is 1.41 bits per heavy atom. The van der Waals surface area contributed by atoms with Crippen LogP contribution in [0, 0.1) is 0 Å². The number of hydrogen-bond acceptors (Lipinski definition) is 5. The predicted octanol–water partition coefficient (Wildman–Crippen LogP) is 2.35. The van der Waals surface area contributed by atoms with Gasteiger partial charge in [-0.15, -0.1) is 0 Å². The largest absolute Gasteiger partial charge is 0.490 e. The van der Waals surface area contributed by atoms with Gasteiger partial charge in [0.25, 0.3) is 0 Å². The lowest BCUT2D eigenvalue weighted by Crippen LogP contribution is -2.44. The summed E-state index contributed by atoms with van der Waals surface area (Å²) in [4.78, 5) is 17.7. The minimum absolute atomic E-state index is 0.0626. The van der Waals surface area contributed by atoms with Crippen molar-refractivity contribution in [3.8, 4) is 5.75 Å². The molecule has 22 heavy (non-hydrogen) atoms. The van der Waals surface area contributed by atoms with E-state index in [0.29, 0.717) is 24.5 Å². The Labute approximate surface area is 131 Å². The van der Waals surface area contributed by atoms with Crippen molar-refractivity contribution in [3.63, 3.8) is 0 Å². The van der Waals surface area contributed by atoms with Crippen molar-refractivity contribution < 1.29 is 19.4 Å². The minimum atomic E-state index is -0.470. The van der Waals surface area contributed by atoms with E-state index in [-0.39, 0.29) is 18.8 Å². The summed E-state index contributed by atoms with van der Waals surface area (Å²) in [5.74, 6) is 0.703. The van der Waals surface area contributed by atoms with Gasteiger partial charge in [0.2, 0.25) is 0 Å². The first-order valence-electron chi connectivity index (χ1n) is 7.58. The van der Waals surface area contributed by atoms with E-state index in [0.717, 1.165) is 12.8 Å². The third kappa shape index (κ3) is 4.87. The summed E-state index contributed by atoms with van der Waals surface area (Å²) in [6.07, 6.45) is 2.94. The molecule has 6 heteroatoms. The van der Waals surface area contributed by atoms with E-state index < -0.39 is 5.60 Å². The number of amides is 1. The zero-order chi connectivity index (χ0) is 16.2. The number of pyridine rings is 1. The van der Waals surface area contributed by atoms with Crippen LogP contribution in [0.2, 0.25) is 0 Å². The molecule has 1 aromatic heterocycles. The van der Waals surface area contributed by atoms with Gasteiger partial charge in [0.15, 0.2) is 0 Å². The van der Waals surface area contributed by atoms with Crippen LogP contribution in [0.3, 0.4) is 0 Å². The molecule has 1 N–H and O–H groups in total. The molecule has 1 amide bonds. The molecule has 0 bridgehead atoms. The standard InChI is InChI=1S/C16H24N2O4/c1-16(2,3)22-15(20)18-8-5-13(6-9-18)21-14-4-7-17-12(10-14)11-19/h4,7,10,13,19H,5-6,8-9,11H2,1-3H3. The van der Waals surface area contributed by atoms with Gasteiger partial charge in [0.1, 0.15) is 17.5 Å². The normalized spacial score (nSPS) is 16.5. The zero-order valence-corrected chi connectivity index (χ0v) is 13.4. The molecule has 0 unspecified atom stereocenters. The molecule has 0 atom stereocenters. The maximum absolute atomic E-state index is 12.0. The first-order chi connectivity index (χ1) is 10.4. The summed E-state index contributed by atoms with van der Waals surface area (Å²) in [5.41, 5.74) is 0.117. The van der Waals surface area contributed by atoms with Gasteiger partial charge in [0.05, 0.1) is 12.3 Å². The molecule has 6 nitrogen and oxygen atoms in total. The molecule has 0 spiro atoms. The quantitative estimate of drug-likeness (QED) is 0.928. The van der Waals surface area contributed by atoms with Crippen LogP contribution >= 0.6 is 0 Å². The fraction of sp³-hybridized carbons (Fsp3) is 0.625. The molecule has 0 saturated carbocycles. The number of carbonyl (C=O) groups is 1. The van der Waals surface area contributed by atoms with Crippen molar-refractivity contribution in [3.05, 3.63) is 24.0 Å². The average molecular weight is 308 g/mol. The summed E-state index contributed by atoms with van der Waals surface area (Å²) < 4.78 is 11.3.